The minimum absolute atomic E-state index is 0.0103. The highest BCUT2D eigenvalue weighted by molar-refractivity contribution is 5.82. The molecular formula is C28H33N5O4. The zero-order valence-corrected chi connectivity index (χ0v) is 20.9. The smallest absolute Gasteiger partial charge is 0.225 e. The quantitative estimate of drug-likeness (QED) is 0.508. The lowest BCUT2D eigenvalue weighted by atomic mass is 9.99. The molecule has 3 atom stereocenters. The van der Waals surface area contributed by atoms with Gasteiger partial charge in [-0.1, -0.05) is 6.07 Å². The summed E-state index contributed by atoms with van der Waals surface area (Å²) < 4.78 is 11.4. The van der Waals surface area contributed by atoms with E-state index in [1.807, 2.05) is 36.4 Å². The van der Waals surface area contributed by atoms with Crippen molar-refractivity contribution in [2.75, 3.05) is 50.8 Å². The largest absolute Gasteiger partial charge is 0.486 e. The molecule has 194 valence electrons. The molecule has 6 rings (SSSR count). The number of benzene rings is 2. The van der Waals surface area contributed by atoms with Gasteiger partial charge in [0, 0.05) is 37.7 Å². The summed E-state index contributed by atoms with van der Waals surface area (Å²) in [6, 6.07) is 11.2. The first-order chi connectivity index (χ1) is 18.1. The van der Waals surface area contributed by atoms with Crippen LogP contribution in [0.15, 0.2) is 48.8 Å². The lowest BCUT2D eigenvalue weighted by molar-refractivity contribution is -0.126. The Bertz CT molecular complexity index is 1260. The monoisotopic (exact) mass is 503 g/mol. The van der Waals surface area contributed by atoms with E-state index in [2.05, 4.69) is 25.1 Å². The van der Waals surface area contributed by atoms with Crippen molar-refractivity contribution in [1.29, 1.82) is 0 Å². The molecule has 3 aliphatic heterocycles. The predicted molar refractivity (Wildman–Crippen MR) is 140 cm³/mol. The molecule has 2 saturated heterocycles. The maximum Gasteiger partial charge on any atom is 0.225 e. The Labute approximate surface area is 216 Å². The number of carbonyl (C=O) groups is 1. The second-order valence-electron chi connectivity index (χ2n) is 10.1. The topological polar surface area (TPSA) is 100 Å². The summed E-state index contributed by atoms with van der Waals surface area (Å²) in [4.78, 5) is 26.8. The van der Waals surface area contributed by atoms with E-state index in [-0.39, 0.29) is 11.8 Å². The van der Waals surface area contributed by atoms with Crippen LogP contribution >= 0.6 is 0 Å². The van der Waals surface area contributed by atoms with E-state index < -0.39 is 12.1 Å². The van der Waals surface area contributed by atoms with Crippen LogP contribution in [0.25, 0.3) is 11.0 Å². The fourth-order valence-corrected chi connectivity index (χ4v) is 5.60. The number of anilines is 1. The summed E-state index contributed by atoms with van der Waals surface area (Å²) in [5, 5.41) is 14.6. The molecule has 0 saturated carbocycles. The van der Waals surface area contributed by atoms with Gasteiger partial charge in [0.25, 0.3) is 0 Å². The van der Waals surface area contributed by atoms with Gasteiger partial charge in [-0.15, -0.1) is 0 Å². The van der Waals surface area contributed by atoms with Crippen LogP contribution in [-0.2, 0) is 4.79 Å². The summed E-state index contributed by atoms with van der Waals surface area (Å²) in [6.07, 6.45) is 5.59. The summed E-state index contributed by atoms with van der Waals surface area (Å²) in [5.74, 6) is 1.17. The molecule has 0 spiro atoms. The third-order valence-electron chi connectivity index (χ3n) is 7.65. The molecule has 1 aromatic heterocycles. The van der Waals surface area contributed by atoms with Crippen LogP contribution in [0.1, 0.15) is 30.9 Å². The molecule has 2 fully saturated rings. The average Bonchev–Trinajstić information content (AvgIpc) is 3.64. The van der Waals surface area contributed by atoms with Crippen LogP contribution in [0.2, 0.25) is 0 Å². The number of likely N-dealkylation sites (tertiary alicyclic amines) is 1. The van der Waals surface area contributed by atoms with Gasteiger partial charge in [-0.3, -0.25) is 14.8 Å². The van der Waals surface area contributed by atoms with Crippen molar-refractivity contribution in [2.45, 2.75) is 31.4 Å². The number of carbonyl (C=O) groups excluding carboxylic acids is 1. The molecule has 0 bridgehead atoms. The third-order valence-corrected chi connectivity index (χ3v) is 7.65. The Kier molecular flexibility index (Phi) is 6.80. The van der Waals surface area contributed by atoms with Crippen molar-refractivity contribution < 1.29 is 19.4 Å². The number of nitrogens with one attached hydrogen (secondary N) is 1. The van der Waals surface area contributed by atoms with Crippen LogP contribution < -0.4 is 19.7 Å². The van der Waals surface area contributed by atoms with Gasteiger partial charge in [0.15, 0.2) is 11.5 Å². The van der Waals surface area contributed by atoms with Gasteiger partial charge in [0.05, 0.1) is 23.0 Å². The highest BCUT2D eigenvalue weighted by Gasteiger charge is 2.33. The Morgan fingerprint density at radius 3 is 2.62 bits per heavy atom. The minimum Gasteiger partial charge on any atom is -0.486 e. The maximum atomic E-state index is 13.5. The Balaban J connectivity index is 1.15. The van der Waals surface area contributed by atoms with Crippen molar-refractivity contribution >= 4 is 22.6 Å². The number of aliphatic hydroxyl groups is 1. The molecule has 3 aliphatic rings. The van der Waals surface area contributed by atoms with E-state index in [0.717, 1.165) is 61.2 Å². The Morgan fingerprint density at radius 2 is 1.78 bits per heavy atom. The molecule has 0 aliphatic carbocycles. The SMILES string of the molecule is O=C(N[C@H](CN1CCCC1)[C@H](O)c1ccc2c(c1)OCCO2)[C@@H]1CCN(c2ccc3nccnc3c2)C1. The number of hydrogen-bond acceptors (Lipinski definition) is 8. The Morgan fingerprint density at radius 1 is 1.00 bits per heavy atom. The van der Waals surface area contributed by atoms with Crippen LogP contribution in [-0.4, -0.2) is 77.9 Å². The fraction of sp³-hybridized carbons (Fsp3) is 0.464. The highest BCUT2D eigenvalue weighted by atomic mass is 16.6. The second kappa shape index (κ2) is 10.5. The number of hydrogen-bond donors (Lipinski definition) is 2. The molecule has 0 radical (unpaired) electrons. The predicted octanol–water partition coefficient (Wildman–Crippen LogP) is 2.54. The average molecular weight is 504 g/mol. The normalized spacial score (nSPS) is 21.2. The first kappa shape index (κ1) is 23.9. The summed E-state index contributed by atoms with van der Waals surface area (Å²) in [5.41, 5.74) is 3.48. The van der Waals surface area contributed by atoms with E-state index in [1.54, 1.807) is 12.4 Å². The summed E-state index contributed by atoms with van der Waals surface area (Å²) in [7, 11) is 0. The van der Waals surface area contributed by atoms with Gasteiger partial charge in [-0.05, 0) is 68.2 Å². The summed E-state index contributed by atoms with van der Waals surface area (Å²) >= 11 is 0. The second-order valence-corrected chi connectivity index (χ2v) is 10.1. The van der Waals surface area contributed by atoms with E-state index in [1.165, 1.54) is 0 Å². The molecule has 4 heterocycles. The molecule has 3 aromatic rings. The number of aromatic nitrogens is 2. The lowest BCUT2D eigenvalue weighted by Gasteiger charge is -2.30. The van der Waals surface area contributed by atoms with Crippen molar-refractivity contribution in [2.24, 2.45) is 5.92 Å². The standard InChI is InChI=1S/C28H33N5O4/c34-27(19-3-6-25-26(15-19)37-14-13-36-25)24(18-32-10-1-2-11-32)31-28(35)20-7-12-33(17-20)21-4-5-22-23(16-21)30-9-8-29-22/h3-6,8-9,15-16,20,24,27,34H,1-2,7,10-14,17-18H2,(H,31,35)/t20-,24-,27-/m1/s1. The van der Waals surface area contributed by atoms with Crippen LogP contribution in [0.4, 0.5) is 5.69 Å². The van der Waals surface area contributed by atoms with Crippen LogP contribution in [0.5, 0.6) is 11.5 Å². The van der Waals surface area contributed by atoms with Crippen LogP contribution in [0, 0.1) is 5.92 Å². The minimum atomic E-state index is -0.850. The molecule has 0 unspecified atom stereocenters. The number of ether oxygens (including phenoxy) is 2. The van der Waals surface area contributed by atoms with Crippen molar-refractivity contribution in [3.63, 3.8) is 0 Å². The van der Waals surface area contributed by atoms with Crippen molar-refractivity contribution in [3.8, 4) is 11.5 Å². The van der Waals surface area contributed by atoms with Gasteiger partial charge in [-0.2, -0.15) is 0 Å². The number of fused-ring (bicyclic) bond motifs is 2. The fourth-order valence-electron chi connectivity index (χ4n) is 5.60. The van der Waals surface area contributed by atoms with Gasteiger partial charge in [0.1, 0.15) is 19.3 Å². The summed E-state index contributed by atoms with van der Waals surface area (Å²) in [6.45, 7) is 5.03. The first-order valence-corrected chi connectivity index (χ1v) is 13.2. The number of aliphatic hydroxyl groups excluding tert-OH is 1. The zero-order valence-electron chi connectivity index (χ0n) is 20.9. The molecular weight excluding hydrogens is 470 g/mol. The molecule has 1 amide bonds. The van der Waals surface area contributed by atoms with E-state index in [4.69, 9.17) is 9.47 Å². The van der Waals surface area contributed by atoms with Gasteiger partial charge >= 0.3 is 0 Å². The number of amides is 1. The van der Waals surface area contributed by atoms with Crippen molar-refractivity contribution in [3.05, 3.63) is 54.4 Å². The lowest BCUT2D eigenvalue weighted by Crippen LogP contribution is -2.48. The van der Waals surface area contributed by atoms with Gasteiger partial charge < -0.3 is 29.7 Å². The van der Waals surface area contributed by atoms with E-state index in [0.29, 0.717) is 37.8 Å². The molecule has 2 N–H and O–H groups in total. The van der Waals surface area contributed by atoms with E-state index in [9.17, 15) is 9.90 Å². The Hall–Kier alpha value is -3.43. The van der Waals surface area contributed by atoms with Gasteiger partial charge in [0.2, 0.25) is 5.91 Å². The van der Waals surface area contributed by atoms with E-state index >= 15 is 0 Å². The maximum absolute atomic E-state index is 13.5. The number of nitrogens with zero attached hydrogens (tertiary/aromatic N) is 4. The molecule has 2 aromatic carbocycles. The van der Waals surface area contributed by atoms with Crippen molar-refractivity contribution in [1.82, 2.24) is 20.2 Å². The van der Waals surface area contributed by atoms with Crippen LogP contribution in [0.3, 0.4) is 0 Å². The highest BCUT2D eigenvalue weighted by Crippen LogP contribution is 2.34. The first-order valence-electron chi connectivity index (χ1n) is 13.2. The molecule has 37 heavy (non-hydrogen) atoms. The molecule has 9 nitrogen and oxygen atoms in total. The van der Waals surface area contributed by atoms with Gasteiger partial charge in [-0.25, -0.2) is 0 Å². The third kappa shape index (κ3) is 5.19. The zero-order chi connectivity index (χ0) is 25.2. The number of rotatable bonds is 7. The molecule has 9 heteroatoms.